The maximum absolute atomic E-state index is 12.9. The number of hydrogen-bond donors (Lipinski definition) is 5. The maximum atomic E-state index is 12.9. The van der Waals surface area contributed by atoms with Crippen molar-refractivity contribution in [1.29, 1.82) is 0 Å². The van der Waals surface area contributed by atoms with Crippen molar-refractivity contribution < 1.29 is 39.1 Å². The number of amides is 1. The minimum atomic E-state index is -1.34. The van der Waals surface area contributed by atoms with E-state index >= 15 is 0 Å². The number of aliphatic hydroxyl groups is 3. The third-order valence-corrected chi connectivity index (χ3v) is 7.35. The van der Waals surface area contributed by atoms with Crippen LogP contribution in [0.15, 0.2) is 43.0 Å². The van der Waals surface area contributed by atoms with Gasteiger partial charge in [-0.1, -0.05) is 12.1 Å². The summed E-state index contributed by atoms with van der Waals surface area (Å²) in [5.74, 6) is -0.333. The van der Waals surface area contributed by atoms with E-state index in [0.717, 1.165) is 12.0 Å². The van der Waals surface area contributed by atoms with Crippen LogP contribution >= 0.6 is 0 Å². The van der Waals surface area contributed by atoms with Crippen LogP contribution < -0.4 is 10.6 Å². The Morgan fingerprint density at radius 3 is 2.65 bits per heavy atom. The number of ether oxygens (including phenoxy) is 3. The highest BCUT2D eigenvalue weighted by Gasteiger charge is 2.44. The van der Waals surface area contributed by atoms with Crippen LogP contribution in [0.25, 0.3) is 17.1 Å². The number of aliphatic hydroxyl groups excluding tert-OH is 3. The van der Waals surface area contributed by atoms with Crippen molar-refractivity contribution >= 4 is 28.9 Å². The highest BCUT2D eigenvalue weighted by Crippen LogP contribution is 2.33. The molecule has 0 radical (unpaired) electrons. The van der Waals surface area contributed by atoms with Crippen molar-refractivity contribution in [2.45, 2.75) is 43.5 Å². The van der Waals surface area contributed by atoms with Crippen molar-refractivity contribution in [1.82, 2.24) is 34.6 Å². The quantitative estimate of drug-likeness (QED) is 0.156. The Morgan fingerprint density at radius 2 is 1.95 bits per heavy atom. The lowest BCUT2D eigenvalue weighted by Crippen LogP contribution is -2.33. The van der Waals surface area contributed by atoms with Crippen LogP contribution in [-0.4, -0.2) is 108 Å². The number of benzene rings is 1. The predicted octanol–water partition coefficient (Wildman–Crippen LogP) is -0.459. The zero-order valence-electron chi connectivity index (χ0n) is 23.0. The minimum Gasteiger partial charge on any atom is -0.465 e. The van der Waals surface area contributed by atoms with E-state index < -0.39 is 37.1 Å². The molecule has 5 atom stereocenters. The monoisotopic (exact) mass is 594 g/mol. The molecule has 0 aliphatic carbocycles. The highest BCUT2D eigenvalue weighted by molar-refractivity contribution is 5.94. The van der Waals surface area contributed by atoms with E-state index in [4.69, 9.17) is 14.2 Å². The number of rotatable bonds is 9. The minimum absolute atomic E-state index is 0.0225. The lowest BCUT2D eigenvalue weighted by atomic mass is 10.1. The van der Waals surface area contributed by atoms with Gasteiger partial charge in [-0.2, -0.15) is 15.1 Å². The van der Waals surface area contributed by atoms with Gasteiger partial charge >= 0.3 is 5.97 Å². The molecule has 2 saturated heterocycles. The zero-order valence-corrected chi connectivity index (χ0v) is 23.0. The Hall–Kier alpha value is -4.48. The molecule has 6 rings (SSSR count). The number of aromatic nitrogens is 6. The summed E-state index contributed by atoms with van der Waals surface area (Å²) in [5.41, 5.74) is 2.11. The highest BCUT2D eigenvalue weighted by atomic mass is 16.6. The Morgan fingerprint density at radius 1 is 1.14 bits per heavy atom. The fourth-order valence-corrected chi connectivity index (χ4v) is 4.96. The first-order valence-corrected chi connectivity index (χ1v) is 13.6. The van der Waals surface area contributed by atoms with Gasteiger partial charge < -0.3 is 40.2 Å². The van der Waals surface area contributed by atoms with Gasteiger partial charge in [0.05, 0.1) is 50.0 Å². The van der Waals surface area contributed by atoms with E-state index in [0.29, 0.717) is 30.1 Å². The van der Waals surface area contributed by atoms with Crippen LogP contribution in [0.2, 0.25) is 0 Å². The molecule has 2 aliphatic heterocycles. The molecule has 4 aromatic rings. The van der Waals surface area contributed by atoms with Crippen molar-refractivity contribution in [3.63, 3.8) is 0 Å². The molecule has 1 aromatic carbocycles. The Labute approximate surface area is 244 Å². The van der Waals surface area contributed by atoms with Crippen LogP contribution in [0.4, 0.5) is 5.82 Å². The van der Waals surface area contributed by atoms with E-state index in [2.05, 4.69) is 30.7 Å². The average Bonchev–Trinajstić information content (AvgIpc) is 3.84. The molecule has 2 aliphatic rings. The lowest BCUT2D eigenvalue weighted by Gasteiger charge is -2.17. The first-order chi connectivity index (χ1) is 20.9. The molecule has 16 nitrogen and oxygen atoms in total. The number of esters is 1. The Kier molecular flexibility index (Phi) is 8.00. The van der Waals surface area contributed by atoms with E-state index in [-0.39, 0.29) is 35.7 Å². The number of anilines is 1. The fourth-order valence-electron chi connectivity index (χ4n) is 4.96. The summed E-state index contributed by atoms with van der Waals surface area (Å²) < 4.78 is 18.7. The first-order valence-electron chi connectivity index (χ1n) is 13.6. The van der Waals surface area contributed by atoms with Gasteiger partial charge in [-0.3, -0.25) is 9.36 Å². The van der Waals surface area contributed by atoms with Crippen molar-refractivity contribution in [2.24, 2.45) is 0 Å². The normalized spacial score (nSPS) is 23.5. The first kappa shape index (κ1) is 28.6. The number of nitrogens with zero attached hydrogens (tertiary/aromatic N) is 6. The summed E-state index contributed by atoms with van der Waals surface area (Å²) in [6.07, 6.45) is 0.335. The summed E-state index contributed by atoms with van der Waals surface area (Å²) in [6.45, 7) is 0.818. The van der Waals surface area contributed by atoms with Gasteiger partial charge in [-0.15, -0.1) is 0 Å². The number of methoxy groups -OCH3 is 1. The van der Waals surface area contributed by atoms with E-state index in [1.165, 1.54) is 35.1 Å². The molecule has 3 aromatic heterocycles. The second-order valence-electron chi connectivity index (χ2n) is 10.2. The molecular weight excluding hydrogens is 564 g/mol. The van der Waals surface area contributed by atoms with Gasteiger partial charge in [0.1, 0.15) is 18.3 Å². The number of imidazole rings is 1. The molecular formula is C27H30N8O8. The molecule has 0 saturated carbocycles. The maximum Gasteiger partial charge on any atom is 0.337 e. The van der Waals surface area contributed by atoms with E-state index in [1.807, 2.05) is 0 Å². The Bertz CT molecular complexity index is 1620. The van der Waals surface area contributed by atoms with Gasteiger partial charge in [0, 0.05) is 19.3 Å². The smallest absolute Gasteiger partial charge is 0.337 e. The van der Waals surface area contributed by atoms with Gasteiger partial charge in [0.2, 0.25) is 0 Å². The molecule has 16 heteroatoms. The second kappa shape index (κ2) is 12.0. The van der Waals surface area contributed by atoms with Crippen LogP contribution in [0.5, 0.6) is 0 Å². The van der Waals surface area contributed by atoms with Crippen molar-refractivity contribution in [3.05, 3.63) is 59.7 Å². The summed E-state index contributed by atoms with van der Waals surface area (Å²) in [5, 5.41) is 40.9. The second-order valence-corrected chi connectivity index (χ2v) is 10.2. The molecule has 5 N–H and O–H groups in total. The van der Waals surface area contributed by atoms with Crippen LogP contribution in [0.1, 0.15) is 38.9 Å². The number of nitrogens with one attached hydrogen (secondary N) is 2. The molecule has 5 heterocycles. The van der Waals surface area contributed by atoms with Crippen LogP contribution in [0, 0.1) is 0 Å². The lowest BCUT2D eigenvalue weighted by molar-refractivity contribution is -0.0511. The van der Waals surface area contributed by atoms with Crippen molar-refractivity contribution in [2.75, 3.05) is 32.2 Å². The van der Waals surface area contributed by atoms with E-state index in [1.54, 1.807) is 24.3 Å². The fraction of sp³-hybridized carbons (Fsp3) is 0.407. The standard InChI is InChI=1S/C27H30N8O8/c1-41-26(40)15-4-2-14(3-5-15)8-28-24(39)16-9-30-35(10-16)27-32-22(31-17-6-7-42-12-17)19-23(33-27)34(13-29-19)25-21(38)20(37)18(11-36)43-25/h2-5,9-10,13,17-18,20-21,25,36-38H,6-8,11-12H2,1H3,(H,28,39)(H,31,32,33)/t17-,18-,20-,21-,25-/m1/s1. The molecule has 0 unspecified atom stereocenters. The largest absolute Gasteiger partial charge is 0.465 e. The predicted molar refractivity (Wildman–Crippen MR) is 147 cm³/mol. The summed E-state index contributed by atoms with van der Waals surface area (Å²) in [4.78, 5) is 38.2. The van der Waals surface area contributed by atoms with Gasteiger partial charge in [-0.25, -0.2) is 14.5 Å². The summed E-state index contributed by atoms with van der Waals surface area (Å²) >= 11 is 0. The van der Waals surface area contributed by atoms with Gasteiger partial charge in [0.25, 0.3) is 11.9 Å². The van der Waals surface area contributed by atoms with Crippen LogP contribution in [0.3, 0.4) is 0 Å². The SMILES string of the molecule is COC(=O)c1ccc(CNC(=O)c2cnn(-c3nc(N[C@@H]4CCOC4)c4ncn([C@@H]5O[C@H](CO)[C@@H](O)[C@H]5O)c4n3)c2)cc1. The number of hydrogen-bond acceptors (Lipinski definition) is 13. The number of carbonyl (C=O) groups is 2. The third kappa shape index (κ3) is 5.65. The average molecular weight is 595 g/mol. The molecule has 0 bridgehead atoms. The number of fused-ring (bicyclic) bond motifs is 1. The summed E-state index contributed by atoms with van der Waals surface area (Å²) in [7, 11) is 1.31. The van der Waals surface area contributed by atoms with E-state index in [9.17, 15) is 24.9 Å². The Balaban J connectivity index is 1.26. The third-order valence-electron chi connectivity index (χ3n) is 7.35. The molecule has 2 fully saturated rings. The van der Waals surface area contributed by atoms with Crippen molar-refractivity contribution in [3.8, 4) is 5.95 Å². The molecule has 226 valence electrons. The van der Waals surface area contributed by atoms with Crippen LogP contribution in [-0.2, 0) is 20.8 Å². The molecule has 0 spiro atoms. The summed E-state index contributed by atoms with van der Waals surface area (Å²) in [6, 6.07) is 6.66. The van der Waals surface area contributed by atoms with Gasteiger partial charge in [0.15, 0.2) is 23.2 Å². The molecule has 1 amide bonds. The number of carbonyl (C=O) groups excluding carboxylic acids is 2. The molecule has 43 heavy (non-hydrogen) atoms. The van der Waals surface area contributed by atoms with Gasteiger partial charge in [-0.05, 0) is 24.1 Å². The topological polar surface area (TPSA) is 208 Å². The zero-order chi connectivity index (χ0) is 30.1.